The summed E-state index contributed by atoms with van der Waals surface area (Å²) in [5.41, 5.74) is 1.57. The smallest absolute Gasteiger partial charge is 0.163 e. The summed E-state index contributed by atoms with van der Waals surface area (Å²) in [6.45, 7) is 0. The quantitative estimate of drug-likeness (QED) is 0.755. The van der Waals surface area contributed by atoms with Gasteiger partial charge in [0.1, 0.15) is 5.82 Å². The molecule has 0 unspecified atom stereocenters. The number of nitrogens with one attached hydrogen (secondary N) is 1. The van der Waals surface area contributed by atoms with Crippen molar-refractivity contribution >= 4 is 44.3 Å². The number of halogens is 2. The number of aromatic nitrogens is 3. The molecule has 0 saturated carbocycles. The Morgan fingerprint density at radius 3 is 2.80 bits per heavy atom. The van der Waals surface area contributed by atoms with Gasteiger partial charge in [0.15, 0.2) is 5.82 Å². The Bertz CT molecular complexity index is 777. The van der Waals surface area contributed by atoms with E-state index in [1.807, 2.05) is 31.3 Å². The molecule has 0 radical (unpaired) electrons. The van der Waals surface area contributed by atoms with Crippen molar-refractivity contribution in [2.45, 2.75) is 0 Å². The maximum absolute atomic E-state index is 6.29. The molecule has 6 heteroatoms. The van der Waals surface area contributed by atoms with Crippen LogP contribution in [-0.2, 0) is 0 Å². The lowest BCUT2D eigenvalue weighted by atomic mass is 10.2. The normalized spacial score (nSPS) is 10.8. The second-order valence-electron chi connectivity index (χ2n) is 4.17. The van der Waals surface area contributed by atoms with Crippen molar-refractivity contribution in [1.29, 1.82) is 0 Å². The van der Waals surface area contributed by atoms with Crippen LogP contribution in [0, 0.1) is 0 Å². The van der Waals surface area contributed by atoms with Crippen molar-refractivity contribution < 1.29 is 0 Å². The van der Waals surface area contributed by atoms with Gasteiger partial charge in [0.25, 0.3) is 0 Å². The van der Waals surface area contributed by atoms with Crippen molar-refractivity contribution in [2.24, 2.45) is 0 Å². The minimum atomic E-state index is 0.582. The third-order valence-electron chi connectivity index (χ3n) is 2.88. The zero-order valence-electron chi connectivity index (χ0n) is 10.6. The van der Waals surface area contributed by atoms with E-state index >= 15 is 0 Å². The predicted octanol–water partition coefficient (Wildman–Crippen LogP) is 4.15. The molecule has 0 fully saturated rings. The first-order valence-corrected chi connectivity index (χ1v) is 7.11. The van der Waals surface area contributed by atoms with Gasteiger partial charge in [-0.2, -0.15) is 0 Å². The van der Waals surface area contributed by atoms with E-state index in [2.05, 4.69) is 36.2 Å². The van der Waals surface area contributed by atoms with Crippen LogP contribution in [0.15, 0.2) is 41.1 Å². The third kappa shape index (κ3) is 2.34. The van der Waals surface area contributed by atoms with Crippen molar-refractivity contribution in [3.05, 3.63) is 46.2 Å². The fraction of sp³-hybridized carbons (Fsp3) is 0.0714. The first-order chi connectivity index (χ1) is 9.69. The number of hydrogen-bond acceptors (Lipinski definition) is 4. The molecule has 0 aliphatic carbocycles. The Kier molecular flexibility index (Phi) is 3.54. The average molecular weight is 350 g/mol. The lowest BCUT2D eigenvalue weighted by Gasteiger charge is -2.09. The van der Waals surface area contributed by atoms with Crippen LogP contribution in [0.3, 0.4) is 0 Å². The number of anilines is 1. The van der Waals surface area contributed by atoms with E-state index in [4.69, 9.17) is 11.6 Å². The van der Waals surface area contributed by atoms with E-state index in [0.29, 0.717) is 16.4 Å². The lowest BCUT2D eigenvalue weighted by Crippen LogP contribution is -1.99. The van der Waals surface area contributed by atoms with E-state index in [1.54, 1.807) is 12.4 Å². The Labute approximate surface area is 129 Å². The van der Waals surface area contributed by atoms with E-state index in [-0.39, 0.29) is 0 Å². The van der Waals surface area contributed by atoms with Gasteiger partial charge in [-0.3, -0.25) is 4.98 Å². The third-order valence-corrected chi connectivity index (χ3v) is 3.62. The fourth-order valence-corrected chi connectivity index (χ4v) is 2.82. The van der Waals surface area contributed by atoms with Crippen molar-refractivity contribution in [1.82, 2.24) is 15.0 Å². The molecule has 0 amide bonds. The van der Waals surface area contributed by atoms with E-state index in [0.717, 1.165) is 21.2 Å². The Morgan fingerprint density at radius 1 is 1.25 bits per heavy atom. The second kappa shape index (κ2) is 5.34. The minimum Gasteiger partial charge on any atom is -0.373 e. The van der Waals surface area contributed by atoms with Gasteiger partial charge in [-0.05, 0) is 24.3 Å². The Hall–Kier alpha value is -1.72. The molecule has 100 valence electrons. The maximum atomic E-state index is 6.29. The van der Waals surface area contributed by atoms with Crippen molar-refractivity contribution in [3.63, 3.8) is 0 Å². The van der Waals surface area contributed by atoms with E-state index in [1.165, 1.54) is 0 Å². The van der Waals surface area contributed by atoms with E-state index in [9.17, 15) is 0 Å². The standard InChI is InChI=1S/C14H10BrClN4/c1-17-14-10-5-9(15)6-11(16)12(10)19-13(20-14)8-3-2-4-18-7-8/h2-7H,1H3,(H,17,19,20). The highest BCUT2D eigenvalue weighted by molar-refractivity contribution is 9.10. The predicted molar refractivity (Wildman–Crippen MR) is 85.0 cm³/mol. The van der Waals surface area contributed by atoms with Gasteiger partial charge in [0, 0.05) is 34.9 Å². The highest BCUT2D eigenvalue weighted by Gasteiger charge is 2.12. The molecule has 0 aliphatic rings. The number of pyridine rings is 1. The summed E-state index contributed by atoms with van der Waals surface area (Å²) in [7, 11) is 1.82. The van der Waals surface area contributed by atoms with Gasteiger partial charge in [-0.25, -0.2) is 9.97 Å². The molecule has 0 saturated heterocycles. The molecule has 0 bridgehead atoms. The first-order valence-electron chi connectivity index (χ1n) is 5.94. The van der Waals surface area contributed by atoms with Crippen molar-refractivity contribution in [2.75, 3.05) is 12.4 Å². The molecular formula is C14H10BrClN4. The zero-order chi connectivity index (χ0) is 14.1. The van der Waals surface area contributed by atoms with Crippen LogP contribution in [0.4, 0.5) is 5.82 Å². The number of nitrogens with zero attached hydrogens (tertiary/aromatic N) is 3. The minimum absolute atomic E-state index is 0.582. The van der Waals surface area contributed by atoms with E-state index < -0.39 is 0 Å². The van der Waals surface area contributed by atoms with Gasteiger partial charge in [0.2, 0.25) is 0 Å². The molecule has 0 atom stereocenters. The van der Waals surface area contributed by atoms with Gasteiger partial charge < -0.3 is 5.32 Å². The monoisotopic (exact) mass is 348 g/mol. The molecule has 2 aromatic heterocycles. The highest BCUT2D eigenvalue weighted by Crippen LogP contribution is 2.32. The molecule has 20 heavy (non-hydrogen) atoms. The summed E-state index contributed by atoms with van der Waals surface area (Å²) in [6.07, 6.45) is 3.45. The summed E-state index contributed by atoms with van der Waals surface area (Å²) >= 11 is 9.72. The van der Waals surface area contributed by atoms with Crippen LogP contribution in [0.5, 0.6) is 0 Å². The second-order valence-corrected chi connectivity index (χ2v) is 5.49. The summed E-state index contributed by atoms with van der Waals surface area (Å²) in [5, 5.41) is 4.54. The lowest BCUT2D eigenvalue weighted by molar-refractivity contribution is 1.20. The van der Waals surface area contributed by atoms with Crippen LogP contribution in [0.1, 0.15) is 0 Å². The van der Waals surface area contributed by atoms with Gasteiger partial charge >= 0.3 is 0 Å². The number of rotatable bonds is 2. The Morgan fingerprint density at radius 2 is 2.10 bits per heavy atom. The molecule has 3 aromatic rings. The van der Waals surface area contributed by atoms with Crippen LogP contribution < -0.4 is 5.32 Å². The number of hydrogen-bond donors (Lipinski definition) is 1. The topological polar surface area (TPSA) is 50.7 Å². The van der Waals surface area contributed by atoms with Gasteiger partial charge in [-0.1, -0.05) is 27.5 Å². The first kappa shape index (κ1) is 13.3. The Balaban J connectivity index is 2.32. The number of benzene rings is 1. The maximum Gasteiger partial charge on any atom is 0.163 e. The highest BCUT2D eigenvalue weighted by atomic mass is 79.9. The van der Waals surface area contributed by atoms with Crippen LogP contribution in [0.2, 0.25) is 5.02 Å². The van der Waals surface area contributed by atoms with Crippen molar-refractivity contribution in [3.8, 4) is 11.4 Å². The number of fused-ring (bicyclic) bond motifs is 1. The fourth-order valence-electron chi connectivity index (χ4n) is 1.97. The molecule has 3 rings (SSSR count). The SMILES string of the molecule is CNc1nc(-c2cccnc2)nc2c(Cl)cc(Br)cc12. The molecule has 0 aliphatic heterocycles. The molecule has 2 heterocycles. The molecule has 0 spiro atoms. The molecule has 1 N–H and O–H groups in total. The zero-order valence-corrected chi connectivity index (χ0v) is 12.9. The largest absolute Gasteiger partial charge is 0.373 e. The summed E-state index contributed by atoms with van der Waals surface area (Å²) < 4.78 is 0.893. The van der Waals surface area contributed by atoms with Crippen LogP contribution in [0.25, 0.3) is 22.3 Å². The summed E-state index contributed by atoms with van der Waals surface area (Å²) in [6, 6.07) is 7.54. The molecular weight excluding hydrogens is 340 g/mol. The van der Waals surface area contributed by atoms with Crippen LogP contribution >= 0.6 is 27.5 Å². The molecule has 1 aromatic carbocycles. The van der Waals surface area contributed by atoms with Gasteiger partial charge in [0.05, 0.1) is 10.5 Å². The van der Waals surface area contributed by atoms with Crippen LogP contribution in [-0.4, -0.2) is 22.0 Å². The molecule has 4 nitrogen and oxygen atoms in total. The van der Waals surface area contributed by atoms with Gasteiger partial charge in [-0.15, -0.1) is 0 Å². The average Bonchev–Trinajstić information content (AvgIpc) is 2.47. The summed E-state index contributed by atoms with van der Waals surface area (Å²) in [4.78, 5) is 13.2. The summed E-state index contributed by atoms with van der Waals surface area (Å²) in [5.74, 6) is 1.33.